The van der Waals surface area contributed by atoms with Crippen LogP contribution >= 0.6 is 0 Å². The van der Waals surface area contributed by atoms with Crippen molar-refractivity contribution in [1.82, 2.24) is 15.1 Å². The van der Waals surface area contributed by atoms with E-state index in [1.54, 1.807) is 0 Å². The Hall–Kier alpha value is -2.76. The molecule has 0 bridgehead atoms. The van der Waals surface area contributed by atoms with Gasteiger partial charge in [-0.25, -0.2) is 0 Å². The van der Waals surface area contributed by atoms with Crippen molar-refractivity contribution in [3.63, 3.8) is 0 Å². The number of hydrogen-bond donors (Lipinski definition) is 1. The van der Waals surface area contributed by atoms with Crippen LogP contribution in [0.4, 0.5) is 0 Å². The first-order valence-electron chi connectivity index (χ1n) is 8.60. The molecule has 3 aromatic carbocycles. The number of nitrogens with one attached hydrogen (secondary N) is 1. The van der Waals surface area contributed by atoms with E-state index in [2.05, 4.69) is 15.1 Å². The minimum absolute atomic E-state index is 0. The van der Waals surface area contributed by atoms with Crippen LogP contribution in [0, 0.1) is 7.43 Å². The van der Waals surface area contributed by atoms with Gasteiger partial charge in [-0.15, -0.1) is 0 Å². The summed E-state index contributed by atoms with van der Waals surface area (Å²) in [5, 5.41) is 5.22. The van der Waals surface area contributed by atoms with Crippen molar-refractivity contribution in [3.8, 4) is 34.3 Å². The summed E-state index contributed by atoms with van der Waals surface area (Å²) in [6, 6.07) is 25.3. The molecule has 0 aliphatic rings. The summed E-state index contributed by atoms with van der Waals surface area (Å²) < 4.78 is 11.3. The molecule has 29 heavy (non-hydrogen) atoms. The normalized spacial score (nSPS) is 10.2. The van der Waals surface area contributed by atoms with Gasteiger partial charge in [0.2, 0.25) is 5.82 Å². The first kappa shape index (κ1) is 21.0. The van der Waals surface area contributed by atoms with Crippen LogP contribution in [0.25, 0.3) is 33.7 Å². The SMILES string of the molecule is [CH3-].[Y].c1ccc(Oc2ccc(-c3noc(-c4ccc5[nH]ccc5c4)n3)cc2)cc1. The fraction of sp³-hybridized carbons (Fsp3) is 0. The number of fused-ring (bicyclic) bond motifs is 1. The van der Waals surface area contributed by atoms with Gasteiger partial charge in [0, 0.05) is 60.9 Å². The quantitative estimate of drug-likeness (QED) is 0.330. The molecule has 1 N–H and O–H groups in total. The smallest absolute Gasteiger partial charge is 0.258 e. The van der Waals surface area contributed by atoms with Crippen molar-refractivity contribution >= 4 is 10.9 Å². The van der Waals surface area contributed by atoms with E-state index in [1.165, 1.54) is 0 Å². The number of H-pyrrole nitrogens is 1. The third kappa shape index (κ3) is 4.47. The Balaban J connectivity index is 0.00000120. The van der Waals surface area contributed by atoms with Crippen molar-refractivity contribution in [2.75, 3.05) is 0 Å². The summed E-state index contributed by atoms with van der Waals surface area (Å²) in [5.41, 5.74) is 2.84. The predicted octanol–water partition coefficient (Wildman–Crippen LogP) is 6.12. The van der Waals surface area contributed by atoms with Gasteiger partial charge in [0.25, 0.3) is 5.89 Å². The number of hydrogen-bond acceptors (Lipinski definition) is 4. The Bertz CT molecular complexity index is 1200. The van der Waals surface area contributed by atoms with Crippen LogP contribution in [0.2, 0.25) is 0 Å². The van der Waals surface area contributed by atoms with E-state index in [9.17, 15) is 0 Å². The van der Waals surface area contributed by atoms with Crippen molar-refractivity contribution in [3.05, 3.63) is 92.5 Å². The van der Waals surface area contributed by atoms with Gasteiger partial charge in [-0.2, -0.15) is 4.98 Å². The van der Waals surface area contributed by atoms with Crippen LogP contribution < -0.4 is 4.74 Å². The van der Waals surface area contributed by atoms with Gasteiger partial charge >= 0.3 is 0 Å². The summed E-state index contributed by atoms with van der Waals surface area (Å²) in [4.78, 5) is 7.70. The topological polar surface area (TPSA) is 63.9 Å². The molecule has 0 saturated heterocycles. The van der Waals surface area contributed by atoms with E-state index >= 15 is 0 Å². The second-order valence-corrected chi connectivity index (χ2v) is 6.14. The Morgan fingerprint density at radius 3 is 2.31 bits per heavy atom. The molecule has 0 spiro atoms. The standard InChI is InChI=1S/C22H15N3O2.CH3.Y/c1-2-4-18(5-3-1)26-19-9-6-15(7-10-19)21-24-22(27-25-21)17-8-11-20-16(14-17)12-13-23-20;;/h1-14,23H;1H3;/q;-1;. The van der Waals surface area contributed by atoms with Crippen LogP contribution in [0.5, 0.6) is 11.5 Å². The monoisotopic (exact) mass is 457 g/mol. The van der Waals surface area contributed by atoms with Crippen molar-refractivity contribution in [2.24, 2.45) is 0 Å². The maximum Gasteiger partial charge on any atom is 0.258 e. The molecule has 0 fully saturated rings. The number of rotatable bonds is 4. The molecule has 2 heterocycles. The average Bonchev–Trinajstić information content (AvgIpc) is 3.38. The Labute approximate surface area is 194 Å². The van der Waals surface area contributed by atoms with Crippen LogP contribution in [-0.2, 0) is 32.7 Å². The zero-order chi connectivity index (χ0) is 18.1. The molecule has 0 atom stereocenters. The van der Waals surface area contributed by atoms with Crippen molar-refractivity contribution in [2.45, 2.75) is 0 Å². The summed E-state index contributed by atoms with van der Waals surface area (Å²) in [5.74, 6) is 2.60. The van der Waals surface area contributed by atoms with E-state index in [0.717, 1.165) is 33.5 Å². The molecule has 1 radical (unpaired) electrons. The van der Waals surface area contributed by atoms with Gasteiger partial charge in [-0.1, -0.05) is 23.4 Å². The van der Waals surface area contributed by atoms with Gasteiger partial charge in [0.1, 0.15) is 11.5 Å². The Kier molecular flexibility index (Phi) is 6.62. The number of ether oxygens (including phenoxy) is 1. The first-order chi connectivity index (χ1) is 13.3. The van der Waals surface area contributed by atoms with E-state index < -0.39 is 0 Å². The van der Waals surface area contributed by atoms with E-state index in [0.29, 0.717) is 11.7 Å². The van der Waals surface area contributed by atoms with Gasteiger partial charge in [0.15, 0.2) is 0 Å². The maximum absolute atomic E-state index is 5.81. The fourth-order valence-corrected chi connectivity index (χ4v) is 2.94. The zero-order valence-corrected chi connectivity index (χ0v) is 18.7. The molecule has 5 nitrogen and oxygen atoms in total. The number of nitrogens with zero attached hydrogens (tertiary/aromatic N) is 2. The number of aromatic nitrogens is 3. The molecule has 5 aromatic rings. The van der Waals surface area contributed by atoms with Crippen LogP contribution in [0.15, 0.2) is 89.6 Å². The molecule has 141 valence electrons. The van der Waals surface area contributed by atoms with Gasteiger partial charge in [0.05, 0.1) is 0 Å². The molecule has 0 aliphatic carbocycles. The Morgan fingerprint density at radius 2 is 1.52 bits per heavy atom. The minimum Gasteiger partial charge on any atom is -0.457 e. The van der Waals surface area contributed by atoms with Gasteiger partial charge < -0.3 is 21.7 Å². The van der Waals surface area contributed by atoms with Crippen molar-refractivity contribution in [1.29, 1.82) is 0 Å². The summed E-state index contributed by atoms with van der Waals surface area (Å²) in [7, 11) is 0. The molecular weight excluding hydrogens is 439 g/mol. The average molecular weight is 457 g/mol. The zero-order valence-electron chi connectivity index (χ0n) is 15.9. The third-order valence-corrected chi connectivity index (χ3v) is 4.32. The summed E-state index contributed by atoms with van der Waals surface area (Å²) in [6.45, 7) is 0. The predicted molar refractivity (Wildman–Crippen MR) is 110 cm³/mol. The Morgan fingerprint density at radius 1 is 0.793 bits per heavy atom. The largest absolute Gasteiger partial charge is 0.457 e. The van der Waals surface area contributed by atoms with E-state index in [1.807, 2.05) is 85.1 Å². The third-order valence-electron chi connectivity index (χ3n) is 4.32. The molecule has 0 saturated carbocycles. The van der Waals surface area contributed by atoms with E-state index in [4.69, 9.17) is 9.26 Å². The van der Waals surface area contributed by atoms with Gasteiger partial charge in [-0.3, -0.25) is 0 Å². The first-order valence-corrected chi connectivity index (χ1v) is 8.60. The molecule has 5 rings (SSSR count). The maximum atomic E-state index is 5.81. The molecule has 0 amide bonds. The van der Waals surface area contributed by atoms with E-state index in [-0.39, 0.29) is 40.1 Å². The fourth-order valence-electron chi connectivity index (χ4n) is 2.94. The molecule has 0 unspecified atom stereocenters. The minimum atomic E-state index is 0. The van der Waals surface area contributed by atoms with Crippen molar-refractivity contribution < 1.29 is 42.0 Å². The molecule has 6 heteroatoms. The summed E-state index contributed by atoms with van der Waals surface area (Å²) >= 11 is 0. The number of aromatic amines is 1. The number of para-hydroxylation sites is 1. The number of benzene rings is 3. The molecule has 2 aromatic heterocycles. The van der Waals surface area contributed by atoms with Gasteiger partial charge in [-0.05, 0) is 60.7 Å². The molecular formula is C23H18N3O2Y-. The second kappa shape index (κ2) is 9.16. The summed E-state index contributed by atoms with van der Waals surface area (Å²) in [6.07, 6.45) is 1.91. The van der Waals surface area contributed by atoms with Crippen LogP contribution in [0.1, 0.15) is 0 Å². The molecule has 0 aliphatic heterocycles. The second-order valence-electron chi connectivity index (χ2n) is 6.14. The van der Waals surface area contributed by atoms with Crippen LogP contribution in [-0.4, -0.2) is 15.1 Å². The van der Waals surface area contributed by atoms with Crippen LogP contribution in [0.3, 0.4) is 0 Å².